The number of amides is 2. The number of carbonyl (C=O) groups excluding carboxylic acids is 2. The zero-order valence-electron chi connectivity index (χ0n) is 25.8. The first-order valence-electron chi connectivity index (χ1n) is 14.9. The number of benzene rings is 2. The number of alkyl halides is 6. The molecule has 0 bridgehead atoms. The van der Waals surface area contributed by atoms with Crippen molar-refractivity contribution < 1.29 is 40.7 Å². The SMILES string of the molecule is CC(=O)NC1CCN(c2cc(-c3ccccc3C)c(C)c(OCCCN(C=O)Cc3cc(C(F)(F)F)cc(C(F)(F)F)c3)n2)CC1. The average molecular weight is 651 g/mol. The van der Waals surface area contributed by atoms with Gasteiger partial charge in [0.15, 0.2) is 0 Å². The van der Waals surface area contributed by atoms with Gasteiger partial charge in [-0.3, -0.25) is 9.59 Å². The summed E-state index contributed by atoms with van der Waals surface area (Å²) in [6.45, 7) is 6.42. The number of anilines is 1. The molecule has 1 saturated heterocycles. The quantitative estimate of drug-likeness (QED) is 0.138. The molecule has 2 aromatic carbocycles. The molecule has 3 aromatic rings. The largest absolute Gasteiger partial charge is 0.477 e. The van der Waals surface area contributed by atoms with Crippen LogP contribution in [0.2, 0.25) is 0 Å². The van der Waals surface area contributed by atoms with Crippen molar-refractivity contribution in [3.63, 3.8) is 0 Å². The van der Waals surface area contributed by atoms with Gasteiger partial charge in [0.2, 0.25) is 18.2 Å². The van der Waals surface area contributed by atoms with Crippen molar-refractivity contribution in [1.29, 1.82) is 0 Å². The summed E-state index contributed by atoms with van der Waals surface area (Å²) in [7, 11) is 0. The van der Waals surface area contributed by atoms with Crippen LogP contribution < -0.4 is 15.0 Å². The number of hydrogen-bond acceptors (Lipinski definition) is 5. The van der Waals surface area contributed by atoms with E-state index in [1.54, 1.807) is 0 Å². The molecule has 0 spiro atoms. The van der Waals surface area contributed by atoms with Gasteiger partial charge in [-0.1, -0.05) is 24.3 Å². The highest BCUT2D eigenvalue weighted by atomic mass is 19.4. The van der Waals surface area contributed by atoms with Crippen molar-refractivity contribution in [3.8, 4) is 17.0 Å². The molecule has 1 fully saturated rings. The van der Waals surface area contributed by atoms with E-state index in [0.717, 1.165) is 40.0 Å². The number of pyridine rings is 1. The fraction of sp³-hybridized carbons (Fsp3) is 0.424. The van der Waals surface area contributed by atoms with E-state index >= 15 is 0 Å². The summed E-state index contributed by atoms with van der Waals surface area (Å²) in [4.78, 5) is 31.2. The van der Waals surface area contributed by atoms with Crippen molar-refractivity contribution in [1.82, 2.24) is 15.2 Å². The standard InChI is InChI=1S/C33H36F6N4O3/c1-21-7-4-5-8-28(21)29-18-30(43-12-9-27(10-13-43)40-23(3)45)41-31(22(29)2)46-14-6-11-42(20-44)19-24-15-25(32(34,35)36)17-26(16-24)33(37,38)39/h4-5,7-8,15-18,20,27H,6,9-14,19H2,1-3H3,(H,40,45). The molecule has 248 valence electrons. The van der Waals surface area contributed by atoms with Crippen LogP contribution >= 0.6 is 0 Å². The molecule has 0 aliphatic carbocycles. The molecule has 1 aliphatic heterocycles. The second-order valence-electron chi connectivity index (χ2n) is 11.4. The maximum Gasteiger partial charge on any atom is 0.416 e. The highest BCUT2D eigenvalue weighted by molar-refractivity contribution is 5.75. The molecule has 4 rings (SSSR count). The summed E-state index contributed by atoms with van der Waals surface area (Å²) in [5, 5.41) is 2.96. The Hall–Kier alpha value is -4.29. The van der Waals surface area contributed by atoms with Gasteiger partial charge in [-0.05, 0) is 79.6 Å². The second-order valence-corrected chi connectivity index (χ2v) is 11.4. The number of piperidine rings is 1. The highest BCUT2D eigenvalue weighted by Gasteiger charge is 2.37. The number of carbonyl (C=O) groups is 2. The van der Waals surface area contributed by atoms with Crippen LogP contribution in [-0.4, -0.2) is 54.5 Å². The number of nitrogens with zero attached hydrogens (tertiary/aromatic N) is 3. The summed E-state index contributed by atoms with van der Waals surface area (Å²) in [6.07, 6.45) is -7.82. The molecule has 0 unspecified atom stereocenters. The molecular formula is C33H36F6N4O3. The van der Waals surface area contributed by atoms with E-state index in [4.69, 9.17) is 9.72 Å². The lowest BCUT2D eigenvalue weighted by atomic mass is 9.97. The highest BCUT2D eigenvalue weighted by Crippen LogP contribution is 2.37. The fourth-order valence-corrected chi connectivity index (χ4v) is 5.52. The van der Waals surface area contributed by atoms with Crippen molar-refractivity contribution in [2.24, 2.45) is 0 Å². The molecule has 0 saturated carbocycles. The molecular weight excluding hydrogens is 614 g/mol. The molecule has 7 nitrogen and oxygen atoms in total. The van der Waals surface area contributed by atoms with E-state index in [9.17, 15) is 35.9 Å². The van der Waals surface area contributed by atoms with Gasteiger partial charge in [0.05, 0.1) is 17.7 Å². The van der Waals surface area contributed by atoms with E-state index < -0.39 is 30.0 Å². The van der Waals surface area contributed by atoms with Crippen molar-refractivity contribution in [2.75, 3.05) is 31.1 Å². The predicted octanol–water partition coefficient (Wildman–Crippen LogP) is 6.94. The number of ether oxygens (including phenoxy) is 1. The number of aryl methyl sites for hydroxylation is 1. The number of nitrogens with one attached hydrogen (secondary N) is 1. The molecule has 0 radical (unpaired) electrons. The van der Waals surface area contributed by atoms with E-state index in [1.165, 1.54) is 6.92 Å². The van der Waals surface area contributed by atoms with Gasteiger partial charge in [0.1, 0.15) is 5.82 Å². The number of hydrogen-bond donors (Lipinski definition) is 1. The Kier molecular flexibility index (Phi) is 10.8. The number of halogens is 6. The molecule has 13 heteroatoms. The van der Waals surface area contributed by atoms with Crippen LogP contribution in [-0.2, 0) is 28.5 Å². The van der Waals surface area contributed by atoms with Gasteiger partial charge >= 0.3 is 12.4 Å². The third-order valence-corrected chi connectivity index (χ3v) is 7.89. The van der Waals surface area contributed by atoms with Gasteiger partial charge < -0.3 is 19.9 Å². The Labute approximate surface area is 263 Å². The van der Waals surface area contributed by atoms with Crippen molar-refractivity contribution in [2.45, 2.75) is 65.0 Å². The van der Waals surface area contributed by atoms with Gasteiger partial charge in [-0.2, -0.15) is 31.3 Å². The molecule has 2 heterocycles. The summed E-state index contributed by atoms with van der Waals surface area (Å²) in [6, 6.07) is 11.3. The smallest absolute Gasteiger partial charge is 0.416 e. The third kappa shape index (κ3) is 8.91. The minimum Gasteiger partial charge on any atom is -0.477 e. The first kappa shape index (κ1) is 34.6. The van der Waals surface area contributed by atoms with Crippen molar-refractivity contribution in [3.05, 3.63) is 76.3 Å². The van der Waals surface area contributed by atoms with E-state index in [2.05, 4.69) is 10.2 Å². The first-order valence-corrected chi connectivity index (χ1v) is 14.9. The number of rotatable bonds is 11. The first-order chi connectivity index (χ1) is 21.7. The maximum atomic E-state index is 13.3. The van der Waals surface area contributed by atoms with Crippen LogP contribution in [0.4, 0.5) is 32.2 Å². The maximum absolute atomic E-state index is 13.3. The monoisotopic (exact) mass is 650 g/mol. The van der Waals surface area contributed by atoms with Crippen LogP contribution in [0.3, 0.4) is 0 Å². The Morgan fingerprint density at radius 1 is 1.00 bits per heavy atom. The summed E-state index contributed by atoms with van der Waals surface area (Å²) < 4.78 is 85.7. The minimum absolute atomic E-state index is 0.0289. The molecule has 2 amide bonds. The van der Waals surface area contributed by atoms with E-state index in [0.29, 0.717) is 43.3 Å². The van der Waals surface area contributed by atoms with Crippen molar-refractivity contribution >= 4 is 18.1 Å². The van der Waals surface area contributed by atoms with Gasteiger partial charge in [0, 0.05) is 44.7 Å². The fourth-order valence-electron chi connectivity index (χ4n) is 5.52. The zero-order valence-corrected chi connectivity index (χ0v) is 25.8. The second kappa shape index (κ2) is 14.4. The Morgan fingerprint density at radius 2 is 1.63 bits per heavy atom. The Morgan fingerprint density at radius 3 is 2.20 bits per heavy atom. The Bertz CT molecular complexity index is 1500. The summed E-state index contributed by atoms with van der Waals surface area (Å²) in [5.74, 6) is 1.02. The summed E-state index contributed by atoms with van der Waals surface area (Å²) in [5.41, 5.74) is 0.638. The lowest BCUT2D eigenvalue weighted by Crippen LogP contribution is -2.44. The molecule has 1 aliphatic rings. The molecule has 1 N–H and O–H groups in total. The topological polar surface area (TPSA) is 74.8 Å². The lowest BCUT2D eigenvalue weighted by Gasteiger charge is -2.33. The third-order valence-electron chi connectivity index (χ3n) is 7.89. The van der Waals surface area contributed by atoms with Crippen LogP contribution in [0.5, 0.6) is 5.88 Å². The molecule has 0 atom stereocenters. The predicted molar refractivity (Wildman–Crippen MR) is 161 cm³/mol. The van der Waals surface area contributed by atoms with Gasteiger partial charge in [-0.25, -0.2) is 0 Å². The van der Waals surface area contributed by atoms with E-state index in [1.807, 2.05) is 44.2 Å². The molecule has 1 aromatic heterocycles. The zero-order chi connectivity index (χ0) is 33.6. The van der Waals surface area contributed by atoms with Gasteiger partial charge in [-0.15, -0.1) is 0 Å². The van der Waals surface area contributed by atoms with Crippen LogP contribution in [0, 0.1) is 13.8 Å². The van der Waals surface area contributed by atoms with E-state index in [-0.39, 0.29) is 43.2 Å². The Balaban J connectivity index is 1.49. The van der Waals surface area contributed by atoms with Crippen LogP contribution in [0.1, 0.15) is 54.0 Å². The molecule has 46 heavy (non-hydrogen) atoms. The summed E-state index contributed by atoms with van der Waals surface area (Å²) >= 11 is 0. The number of aromatic nitrogens is 1. The minimum atomic E-state index is -4.98. The van der Waals surface area contributed by atoms with Crippen LogP contribution in [0.25, 0.3) is 11.1 Å². The average Bonchev–Trinajstić information content (AvgIpc) is 2.99. The lowest BCUT2D eigenvalue weighted by molar-refractivity contribution is -0.143. The normalized spacial score (nSPS) is 14.2. The van der Waals surface area contributed by atoms with Gasteiger partial charge in [0.25, 0.3) is 0 Å². The van der Waals surface area contributed by atoms with Crippen LogP contribution in [0.15, 0.2) is 48.5 Å².